The van der Waals surface area contributed by atoms with Crippen molar-refractivity contribution in [3.05, 3.63) is 35.4 Å². The zero-order chi connectivity index (χ0) is 12.5. The lowest BCUT2D eigenvalue weighted by molar-refractivity contribution is 0.255. The monoisotopic (exact) mass is 244 g/mol. The minimum Gasteiger partial charge on any atom is -0.309 e. The number of rotatable bonds is 4. The van der Waals surface area contributed by atoms with Crippen LogP contribution in [0.3, 0.4) is 0 Å². The Morgan fingerprint density at radius 3 is 2.89 bits per heavy atom. The molecule has 1 saturated heterocycles. The average Bonchev–Trinajstić information content (AvgIpc) is 3.11. The molecule has 18 heavy (non-hydrogen) atoms. The van der Waals surface area contributed by atoms with Crippen LogP contribution in [0.1, 0.15) is 37.3 Å². The van der Waals surface area contributed by atoms with E-state index in [0.29, 0.717) is 6.04 Å². The van der Waals surface area contributed by atoms with Crippen molar-refractivity contribution >= 4 is 0 Å². The molecule has 2 aliphatic rings. The largest absolute Gasteiger partial charge is 0.309 e. The van der Waals surface area contributed by atoms with Crippen molar-refractivity contribution in [2.75, 3.05) is 6.54 Å². The van der Waals surface area contributed by atoms with Gasteiger partial charge in [-0.05, 0) is 38.7 Å². The lowest BCUT2D eigenvalue weighted by Crippen LogP contribution is -2.33. The first-order valence-corrected chi connectivity index (χ1v) is 7.27. The van der Waals surface area contributed by atoms with Gasteiger partial charge in [0.1, 0.15) is 0 Å². The number of likely N-dealkylation sites (tertiary alicyclic amines) is 1. The van der Waals surface area contributed by atoms with Gasteiger partial charge in [-0.2, -0.15) is 0 Å². The zero-order valence-corrected chi connectivity index (χ0v) is 11.5. The molecule has 0 amide bonds. The Labute approximate surface area is 110 Å². The normalized spacial score (nSPS) is 28.8. The van der Waals surface area contributed by atoms with Crippen LogP contribution in [0.2, 0.25) is 0 Å². The molecule has 2 heteroatoms. The summed E-state index contributed by atoms with van der Waals surface area (Å²) in [4.78, 5) is 2.70. The molecule has 1 N–H and O–H groups in total. The number of hydrogen-bond acceptors (Lipinski definition) is 2. The first kappa shape index (κ1) is 12.2. The molecule has 0 radical (unpaired) electrons. The Hall–Kier alpha value is -0.860. The van der Waals surface area contributed by atoms with Crippen molar-refractivity contribution < 1.29 is 0 Å². The second-order valence-electron chi connectivity index (χ2n) is 6.08. The molecule has 2 atom stereocenters. The van der Waals surface area contributed by atoms with Crippen LogP contribution in [0.25, 0.3) is 0 Å². The molecular formula is C16H24N2. The molecule has 1 aromatic carbocycles. The summed E-state index contributed by atoms with van der Waals surface area (Å²) in [6.45, 7) is 6.80. The van der Waals surface area contributed by atoms with Gasteiger partial charge < -0.3 is 5.32 Å². The fourth-order valence-electron chi connectivity index (χ4n) is 3.20. The van der Waals surface area contributed by atoms with Crippen LogP contribution in [-0.4, -0.2) is 29.6 Å². The Morgan fingerprint density at radius 2 is 2.17 bits per heavy atom. The molecule has 1 aromatic rings. The highest BCUT2D eigenvalue weighted by Crippen LogP contribution is 2.33. The molecule has 2 fully saturated rings. The maximum Gasteiger partial charge on any atom is 0.0213 e. The summed E-state index contributed by atoms with van der Waals surface area (Å²) in [5, 5.41) is 3.73. The van der Waals surface area contributed by atoms with E-state index in [4.69, 9.17) is 0 Å². The third-order valence-electron chi connectivity index (χ3n) is 4.32. The van der Waals surface area contributed by atoms with E-state index in [1.165, 1.54) is 36.9 Å². The molecule has 1 heterocycles. The smallest absolute Gasteiger partial charge is 0.0213 e. The van der Waals surface area contributed by atoms with E-state index in [1.807, 2.05) is 0 Å². The highest BCUT2D eigenvalue weighted by atomic mass is 15.3. The number of aryl methyl sites for hydroxylation is 1. The molecule has 1 aliphatic heterocycles. The first-order valence-electron chi connectivity index (χ1n) is 7.27. The van der Waals surface area contributed by atoms with Crippen LogP contribution in [0.15, 0.2) is 24.3 Å². The van der Waals surface area contributed by atoms with E-state index in [2.05, 4.69) is 48.3 Å². The molecule has 2 unspecified atom stereocenters. The molecule has 0 aromatic heterocycles. The maximum atomic E-state index is 3.73. The number of nitrogens with zero attached hydrogens (tertiary/aromatic N) is 1. The quantitative estimate of drug-likeness (QED) is 0.876. The predicted octanol–water partition coefficient (Wildman–Crippen LogP) is 2.71. The predicted molar refractivity (Wildman–Crippen MR) is 75.6 cm³/mol. The van der Waals surface area contributed by atoms with E-state index in [-0.39, 0.29) is 0 Å². The van der Waals surface area contributed by atoms with Crippen LogP contribution in [-0.2, 0) is 6.54 Å². The van der Waals surface area contributed by atoms with Gasteiger partial charge in [-0.3, -0.25) is 4.90 Å². The Balaban J connectivity index is 1.52. The van der Waals surface area contributed by atoms with Crippen molar-refractivity contribution in [1.29, 1.82) is 0 Å². The van der Waals surface area contributed by atoms with Crippen LogP contribution in [0, 0.1) is 6.92 Å². The molecule has 1 aliphatic carbocycles. The zero-order valence-electron chi connectivity index (χ0n) is 11.5. The minimum absolute atomic E-state index is 0.682. The van der Waals surface area contributed by atoms with Crippen LogP contribution >= 0.6 is 0 Å². The Bertz CT molecular complexity index is 411. The van der Waals surface area contributed by atoms with Gasteiger partial charge in [-0.25, -0.2) is 0 Å². The summed E-state index contributed by atoms with van der Waals surface area (Å²) < 4.78 is 0. The van der Waals surface area contributed by atoms with Crippen LogP contribution < -0.4 is 5.32 Å². The second kappa shape index (κ2) is 5.02. The van der Waals surface area contributed by atoms with Gasteiger partial charge in [-0.15, -0.1) is 0 Å². The topological polar surface area (TPSA) is 15.3 Å². The molecule has 3 rings (SSSR count). The molecule has 0 spiro atoms. The molecule has 2 nitrogen and oxygen atoms in total. The van der Waals surface area contributed by atoms with Crippen LogP contribution in [0.5, 0.6) is 0 Å². The Kier molecular flexibility index (Phi) is 3.40. The molecular weight excluding hydrogens is 220 g/mol. The lowest BCUT2D eigenvalue weighted by atomic mass is 10.1. The Morgan fingerprint density at radius 1 is 1.33 bits per heavy atom. The van der Waals surface area contributed by atoms with Gasteiger partial charge in [0.2, 0.25) is 0 Å². The van der Waals surface area contributed by atoms with Gasteiger partial charge in [0.25, 0.3) is 0 Å². The minimum atomic E-state index is 0.682. The van der Waals surface area contributed by atoms with Crippen molar-refractivity contribution in [3.8, 4) is 0 Å². The fraction of sp³-hybridized carbons (Fsp3) is 0.625. The summed E-state index contributed by atoms with van der Waals surface area (Å²) >= 11 is 0. The highest BCUT2D eigenvalue weighted by molar-refractivity contribution is 5.22. The van der Waals surface area contributed by atoms with E-state index in [0.717, 1.165) is 18.6 Å². The van der Waals surface area contributed by atoms with E-state index >= 15 is 0 Å². The standard InChI is InChI=1S/C16H24N2/c1-12-4-3-5-14(8-12)10-17-15-9-13(2)18(11-15)16-6-7-16/h3-5,8,13,15-17H,6-7,9-11H2,1-2H3. The molecule has 98 valence electrons. The van der Waals surface area contributed by atoms with E-state index in [9.17, 15) is 0 Å². The van der Waals surface area contributed by atoms with Crippen molar-refractivity contribution in [3.63, 3.8) is 0 Å². The van der Waals surface area contributed by atoms with Crippen molar-refractivity contribution in [1.82, 2.24) is 10.2 Å². The maximum absolute atomic E-state index is 3.73. The SMILES string of the molecule is Cc1cccc(CNC2CC(C)N(C3CC3)C2)c1. The summed E-state index contributed by atoms with van der Waals surface area (Å²) in [7, 11) is 0. The summed E-state index contributed by atoms with van der Waals surface area (Å²) in [5.74, 6) is 0. The second-order valence-corrected chi connectivity index (χ2v) is 6.08. The summed E-state index contributed by atoms with van der Waals surface area (Å²) in [6, 6.07) is 11.2. The summed E-state index contributed by atoms with van der Waals surface area (Å²) in [5.41, 5.74) is 2.77. The van der Waals surface area contributed by atoms with Crippen molar-refractivity contribution in [2.45, 2.75) is 57.8 Å². The van der Waals surface area contributed by atoms with Gasteiger partial charge in [0, 0.05) is 31.2 Å². The number of hydrogen-bond donors (Lipinski definition) is 1. The van der Waals surface area contributed by atoms with E-state index < -0.39 is 0 Å². The van der Waals surface area contributed by atoms with Gasteiger partial charge >= 0.3 is 0 Å². The first-order chi connectivity index (χ1) is 8.72. The summed E-state index contributed by atoms with van der Waals surface area (Å²) in [6.07, 6.45) is 4.16. The van der Waals surface area contributed by atoms with Gasteiger partial charge in [-0.1, -0.05) is 29.8 Å². The van der Waals surface area contributed by atoms with Crippen LogP contribution in [0.4, 0.5) is 0 Å². The average molecular weight is 244 g/mol. The van der Waals surface area contributed by atoms with Crippen molar-refractivity contribution in [2.24, 2.45) is 0 Å². The number of nitrogens with one attached hydrogen (secondary N) is 1. The highest BCUT2D eigenvalue weighted by Gasteiger charge is 2.38. The third-order valence-corrected chi connectivity index (χ3v) is 4.32. The lowest BCUT2D eigenvalue weighted by Gasteiger charge is -2.19. The van der Waals surface area contributed by atoms with Gasteiger partial charge in [0.05, 0.1) is 0 Å². The molecule has 1 saturated carbocycles. The third kappa shape index (κ3) is 2.76. The number of benzene rings is 1. The molecule has 0 bridgehead atoms. The fourth-order valence-corrected chi connectivity index (χ4v) is 3.20. The van der Waals surface area contributed by atoms with E-state index in [1.54, 1.807) is 0 Å². The van der Waals surface area contributed by atoms with Gasteiger partial charge in [0.15, 0.2) is 0 Å².